The lowest BCUT2D eigenvalue weighted by atomic mass is 9.96. The number of aliphatic hydroxyl groups excluding tert-OH is 1. The van der Waals surface area contributed by atoms with Gasteiger partial charge in [0.05, 0.1) is 12.0 Å². The van der Waals surface area contributed by atoms with E-state index in [1.54, 1.807) is 0 Å². The Morgan fingerprint density at radius 2 is 2.08 bits per heavy atom. The molecular weight excluding hydrogens is 312 g/mol. The molecule has 1 saturated heterocycles. The molecule has 0 bridgehead atoms. The van der Waals surface area contributed by atoms with Crippen LogP contribution in [0.2, 0.25) is 0 Å². The Morgan fingerprint density at radius 3 is 2.88 bits per heavy atom. The number of hydrogen-bond acceptors (Lipinski definition) is 3. The SMILES string of the molecule is CCCNC(=O)[C@H]1CCCN(C[C@@H](O)c2ccc3ccccc3c2)C1. The first-order valence-electron chi connectivity index (χ1n) is 9.34. The van der Waals surface area contributed by atoms with Gasteiger partial charge >= 0.3 is 0 Å². The van der Waals surface area contributed by atoms with Crippen LogP contribution in [0.4, 0.5) is 0 Å². The van der Waals surface area contributed by atoms with E-state index in [-0.39, 0.29) is 11.8 Å². The van der Waals surface area contributed by atoms with E-state index in [1.807, 2.05) is 18.2 Å². The van der Waals surface area contributed by atoms with Crippen LogP contribution < -0.4 is 5.32 Å². The molecule has 0 aliphatic carbocycles. The second-order valence-corrected chi connectivity index (χ2v) is 7.01. The minimum absolute atomic E-state index is 0.0455. The molecule has 1 fully saturated rings. The van der Waals surface area contributed by atoms with Crippen LogP contribution in [0.25, 0.3) is 10.8 Å². The van der Waals surface area contributed by atoms with Gasteiger partial charge in [-0.3, -0.25) is 9.69 Å². The monoisotopic (exact) mass is 340 g/mol. The lowest BCUT2D eigenvalue weighted by Gasteiger charge is -2.33. The first kappa shape index (κ1) is 17.9. The largest absolute Gasteiger partial charge is 0.387 e. The number of β-amino-alcohol motifs (C(OH)–C–C–N with tert-alkyl or cyclic N) is 1. The van der Waals surface area contributed by atoms with Crippen molar-refractivity contribution in [1.82, 2.24) is 10.2 Å². The van der Waals surface area contributed by atoms with E-state index in [0.29, 0.717) is 6.54 Å². The third kappa shape index (κ3) is 4.59. The van der Waals surface area contributed by atoms with Crippen LogP contribution in [0, 0.1) is 5.92 Å². The van der Waals surface area contributed by atoms with Crippen LogP contribution in [0.5, 0.6) is 0 Å². The molecule has 4 heteroatoms. The highest BCUT2D eigenvalue weighted by Gasteiger charge is 2.26. The van der Waals surface area contributed by atoms with Crippen molar-refractivity contribution in [1.29, 1.82) is 0 Å². The molecule has 2 aromatic carbocycles. The average molecular weight is 340 g/mol. The van der Waals surface area contributed by atoms with Crippen molar-refractivity contribution in [3.63, 3.8) is 0 Å². The van der Waals surface area contributed by atoms with Crippen molar-refractivity contribution < 1.29 is 9.90 Å². The number of rotatable bonds is 6. The van der Waals surface area contributed by atoms with Crippen molar-refractivity contribution >= 4 is 16.7 Å². The second-order valence-electron chi connectivity index (χ2n) is 7.01. The molecule has 2 N–H and O–H groups in total. The number of piperidine rings is 1. The van der Waals surface area contributed by atoms with Gasteiger partial charge < -0.3 is 10.4 Å². The van der Waals surface area contributed by atoms with Gasteiger partial charge in [-0.05, 0) is 48.2 Å². The molecule has 0 unspecified atom stereocenters. The van der Waals surface area contributed by atoms with E-state index in [9.17, 15) is 9.90 Å². The van der Waals surface area contributed by atoms with Crippen LogP contribution in [-0.2, 0) is 4.79 Å². The number of hydrogen-bond donors (Lipinski definition) is 2. The summed E-state index contributed by atoms with van der Waals surface area (Å²) >= 11 is 0. The molecule has 1 heterocycles. The molecule has 2 atom stereocenters. The summed E-state index contributed by atoms with van der Waals surface area (Å²) in [7, 11) is 0. The zero-order chi connectivity index (χ0) is 17.6. The average Bonchev–Trinajstić information content (AvgIpc) is 2.65. The van der Waals surface area contributed by atoms with Crippen LogP contribution in [0.15, 0.2) is 42.5 Å². The third-order valence-electron chi connectivity index (χ3n) is 5.01. The zero-order valence-corrected chi connectivity index (χ0v) is 14.9. The topological polar surface area (TPSA) is 52.6 Å². The Bertz CT molecular complexity index is 716. The molecule has 1 aliphatic rings. The Balaban J connectivity index is 1.61. The number of likely N-dealkylation sites (tertiary alicyclic amines) is 1. The first-order valence-corrected chi connectivity index (χ1v) is 9.34. The van der Waals surface area contributed by atoms with E-state index < -0.39 is 6.10 Å². The number of aliphatic hydroxyl groups is 1. The lowest BCUT2D eigenvalue weighted by molar-refractivity contribution is -0.126. The molecule has 25 heavy (non-hydrogen) atoms. The number of carbonyl (C=O) groups excluding carboxylic acids is 1. The fraction of sp³-hybridized carbons (Fsp3) is 0.476. The minimum atomic E-state index is -0.526. The summed E-state index contributed by atoms with van der Waals surface area (Å²) in [5.74, 6) is 0.204. The summed E-state index contributed by atoms with van der Waals surface area (Å²) < 4.78 is 0. The van der Waals surface area contributed by atoms with Gasteiger partial charge in [-0.25, -0.2) is 0 Å². The maximum Gasteiger partial charge on any atom is 0.224 e. The van der Waals surface area contributed by atoms with E-state index in [1.165, 1.54) is 5.39 Å². The van der Waals surface area contributed by atoms with Gasteiger partial charge in [-0.1, -0.05) is 43.3 Å². The highest BCUT2D eigenvalue weighted by atomic mass is 16.3. The number of amides is 1. The van der Waals surface area contributed by atoms with E-state index in [4.69, 9.17) is 0 Å². The Morgan fingerprint density at radius 1 is 1.28 bits per heavy atom. The summed E-state index contributed by atoms with van der Waals surface area (Å²) in [4.78, 5) is 14.4. The highest BCUT2D eigenvalue weighted by Crippen LogP contribution is 2.23. The van der Waals surface area contributed by atoms with Crippen molar-refractivity contribution in [2.24, 2.45) is 5.92 Å². The second kappa shape index (κ2) is 8.45. The normalized spacial score (nSPS) is 19.7. The van der Waals surface area contributed by atoms with Crippen molar-refractivity contribution in [2.75, 3.05) is 26.2 Å². The molecule has 0 spiro atoms. The molecule has 2 aromatic rings. The number of benzene rings is 2. The van der Waals surface area contributed by atoms with E-state index >= 15 is 0 Å². The standard InChI is InChI=1S/C21H28N2O2/c1-2-11-22-21(25)19-8-5-12-23(14-19)15-20(24)18-10-9-16-6-3-4-7-17(16)13-18/h3-4,6-7,9-10,13,19-20,24H,2,5,8,11-12,14-15H2,1H3,(H,22,25)/t19-,20+/m0/s1. The van der Waals surface area contributed by atoms with Crippen LogP contribution in [0.1, 0.15) is 37.9 Å². The summed E-state index contributed by atoms with van der Waals surface area (Å²) in [6.45, 7) is 5.07. The molecule has 1 aliphatic heterocycles. The summed E-state index contributed by atoms with van der Waals surface area (Å²) in [6.07, 6.45) is 2.39. The van der Waals surface area contributed by atoms with Crippen LogP contribution >= 0.6 is 0 Å². The molecular formula is C21H28N2O2. The predicted octanol–water partition coefficient (Wildman–Crippen LogP) is 3.11. The first-order chi connectivity index (χ1) is 12.2. The summed E-state index contributed by atoms with van der Waals surface area (Å²) in [5, 5.41) is 16.0. The fourth-order valence-corrected chi connectivity index (χ4v) is 3.59. The van der Waals surface area contributed by atoms with Crippen LogP contribution in [0.3, 0.4) is 0 Å². The van der Waals surface area contributed by atoms with Crippen molar-refractivity contribution in [3.8, 4) is 0 Å². The third-order valence-corrected chi connectivity index (χ3v) is 5.01. The summed E-state index contributed by atoms with van der Waals surface area (Å²) in [5.41, 5.74) is 0.941. The van der Waals surface area contributed by atoms with Crippen molar-refractivity contribution in [2.45, 2.75) is 32.3 Å². The van der Waals surface area contributed by atoms with Gasteiger partial charge in [0.1, 0.15) is 0 Å². The lowest BCUT2D eigenvalue weighted by Crippen LogP contribution is -2.44. The predicted molar refractivity (Wildman–Crippen MR) is 101 cm³/mol. The Hall–Kier alpha value is -1.91. The number of nitrogens with one attached hydrogen (secondary N) is 1. The maximum absolute atomic E-state index is 12.2. The van der Waals surface area contributed by atoms with Gasteiger partial charge in [0.2, 0.25) is 5.91 Å². The molecule has 0 saturated carbocycles. The molecule has 3 rings (SSSR count). The highest BCUT2D eigenvalue weighted by molar-refractivity contribution is 5.83. The number of fused-ring (bicyclic) bond motifs is 1. The maximum atomic E-state index is 12.2. The number of carbonyl (C=O) groups is 1. The van der Waals surface area contributed by atoms with Crippen molar-refractivity contribution in [3.05, 3.63) is 48.0 Å². The van der Waals surface area contributed by atoms with Gasteiger partial charge in [-0.2, -0.15) is 0 Å². The zero-order valence-electron chi connectivity index (χ0n) is 14.9. The Labute approximate surface area is 149 Å². The minimum Gasteiger partial charge on any atom is -0.387 e. The molecule has 4 nitrogen and oxygen atoms in total. The fourth-order valence-electron chi connectivity index (χ4n) is 3.59. The number of nitrogens with zero attached hydrogens (tertiary/aromatic N) is 1. The Kier molecular flexibility index (Phi) is 6.05. The molecule has 134 valence electrons. The quantitative estimate of drug-likeness (QED) is 0.849. The van der Waals surface area contributed by atoms with E-state index in [0.717, 1.165) is 49.8 Å². The molecule has 1 amide bonds. The van der Waals surface area contributed by atoms with Gasteiger partial charge in [0.25, 0.3) is 0 Å². The van der Waals surface area contributed by atoms with E-state index in [2.05, 4.69) is 41.4 Å². The molecule has 0 radical (unpaired) electrons. The van der Waals surface area contributed by atoms with Gasteiger partial charge in [-0.15, -0.1) is 0 Å². The van der Waals surface area contributed by atoms with Gasteiger partial charge in [0.15, 0.2) is 0 Å². The van der Waals surface area contributed by atoms with Crippen LogP contribution in [-0.4, -0.2) is 42.1 Å². The smallest absolute Gasteiger partial charge is 0.224 e. The van der Waals surface area contributed by atoms with Gasteiger partial charge in [0, 0.05) is 19.6 Å². The summed E-state index contributed by atoms with van der Waals surface area (Å²) in [6, 6.07) is 14.3. The molecule has 0 aromatic heterocycles.